The van der Waals surface area contributed by atoms with Gasteiger partial charge in [-0.05, 0) is 139 Å². The molecule has 4 nitrogen and oxygen atoms in total. The van der Waals surface area contributed by atoms with Crippen LogP contribution in [0.2, 0.25) is 0 Å². The van der Waals surface area contributed by atoms with Gasteiger partial charge in [0.25, 0.3) is 0 Å². The lowest BCUT2D eigenvalue weighted by molar-refractivity contribution is -0.177. The van der Waals surface area contributed by atoms with Crippen LogP contribution in [0.3, 0.4) is 0 Å². The number of fused-ring (bicyclic) bond motifs is 7. The SMILES string of the molecule is C=C(N(C)C1CC(C=O)C1(C)C)C12CCCC1C1CCC3C(C)(CCC4C(C)(C)C(c5ccc(C(=O)OC)cc5)=CCC43C)C1CC2. The topological polar surface area (TPSA) is 46.6 Å². The van der Waals surface area contributed by atoms with E-state index in [1.807, 2.05) is 12.1 Å². The molecule has 47 heavy (non-hydrogen) atoms. The van der Waals surface area contributed by atoms with Crippen LogP contribution < -0.4 is 0 Å². The van der Waals surface area contributed by atoms with E-state index in [0.717, 1.165) is 36.5 Å². The predicted molar refractivity (Wildman–Crippen MR) is 190 cm³/mol. The standard InChI is InChI=1S/C43H61NO3/c1-27(44(8)37-25-30(26-45)39(37,2)3)43-21-10-11-34(43)31-16-17-36-41(6,33(31)19-24-43)23-20-35-40(4,5)32(18-22-42(35,36)7)28-12-14-29(15-13-28)38(46)47-9/h12-15,18,26,30-31,33-37H,1,10-11,16-17,19-25H2,2-9H3. The molecule has 0 aromatic heterocycles. The molecule has 1 aromatic rings. The molecule has 0 N–H and O–H groups in total. The van der Waals surface area contributed by atoms with Gasteiger partial charge >= 0.3 is 5.97 Å². The van der Waals surface area contributed by atoms with Gasteiger partial charge in [-0.1, -0.05) is 72.8 Å². The molecule has 0 amide bonds. The van der Waals surface area contributed by atoms with Crippen molar-refractivity contribution in [3.63, 3.8) is 0 Å². The second kappa shape index (κ2) is 11.1. The van der Waals surface area contributed by atoms with Crippen LogP contribution in [0.1, 0.15) is 128 Å². The molecular formula is C43H61NO3. The summed E-state index contributed by atoms with van der Waals surface area (Å²) in [7, 11) is 3.75. The van der Waals surface area contributed by atoms with Crippen LogP contribution in [0, 0.1) is 62.6 Å². The Labute approximate surface area is 285 Å². The molecule has 5 saturated carbocycles. The van der Waals surface area contributed by atoms with E-state index in [9.17, 15) is 9.59 Å². The maximum Gasteiger partial charge on any atom is 0.337 e. The van der Waals surface area contributed by atoms with E-state index in [1.54, 1.807) is 0 Å². The van der Waals surface area contributed by atoms with Gasteiger partial charge in [0.05, 0.1) is 12.7 Å². The molecule has 0 heterocycles. The first-order valence-corrected chi connectivity index (χ1v) is 18.9. The highest BCUT2D eigenvalue weighted by Gasteiger charge is 2.66. The fourth-order valence-electron chi connectivity index (χ4n) is 14.1. The summed E-state index contributed by atoms with van der Waals surface area (Å²) in [6.45, 7) is 19.9. The lowest BCUT2D eigenvalue weighted by atomic mass is 9.36. The van der Waals surface area contributed by atoms with E-state index >= 15 is 0 Å². The summed E-state index contributed by atoms with van der Waals surface area (Å²) >= 11 is 0. The number of hydrogen-bond acceptors (Lipinski definition) is 4. The lowest BCUT2D eigenvalue weighted by Crippen LogP contribution is -2.62. The molecule has 0 bridgehead atoms. The molecule has 4 heteroatoms. The van der Waals surface area contributed by atoms with Gasteiger partial charge < -0.3 is 14.4 Å². The molecule has 6 aliphatic carbocycles. The van der Waals surface area contributed by atoms with Crippen molar-refractivity contribution in [2.75, 3.05) is 14.2 Å². The second-order valence-electron chi connectivity index (χ2n) is 18.7. The third kappa shape index (κ3) is 4.50. The highest BCUT2D eigenvalue weighted by atomic mass is 16.5. The average Bonchev–Trinajstić information content (AvgIpc) is 3.49. The largest absolute Gasteiger partial charge is 0.465 e. The maximum absolute atomic E-state index is 12.1. The Bertz CT molecular complexity index is 1470. The monoisotopic (exact) mass is 639 g/mol. The summed E-state index contributed by atoms with van der Waals surface area (Å²) in [5.74, 6) is 3.68. The van der Waals surface area contributed by atoms with Crippen molar-refractivity contribution in [2.24, 2.45) is 62.6 Å². The molecule has 5 fully saturated rings. The number of ether oxygens (including phenoxy) is 1. The van der Waals surface area contributed by atoms with Crippen LogP contribution in [0.4, 0.5) is 0 Å². The van der Waals surface area contributed by atoms with Crippen LogP contribution in [-0.2, 0) is 9.53 Å². The van der Waals surface area contributed by atoms with Gasteiger partial charge in [0.1, 0.15) is 6.29 Å². The predicted octanol–water partition coefficient (Wildman–Crippen LogP) is 9.99. The van der Waals surface area contributed by atoms with E-state index in [1.165, 1.54) is 88.0 Å². The summed E-state index contributed by atoms with van der Waals surface area (Å²) in [4.78, 5) is 26.4. The third-order valence-corrected chi connectivity index (χ3v) is 16.6. The van der Waals surface area contributed by atoms with Crippen molar-refractivity contribution < 1.29 is 14.3 Å². The zero-order valence-electron chi connectivity index (χ0n) is 30.7. The quantitative estimate of drug-likeness (QED) is 0.230. The summed E-state index contributed by atoms with van der Waals surface area (Å²) in [6, 6.07) is 8.54. The summed E-state index contributed by atoms with van der Waals surface area (Å²) in [6.07, 6.45) is 18.0. The zero-order chi connectivity index (χ0) is 33.7. The Morgan fingerprint density at radius 2 is 1.62 bits per heavy atom. The molecule has 0 spiro atoms. The summed E-state index contributed by atoms with van der Waals surface area (Å²) < 4.78 is 4.96. The maximum atomic E-state index is 12.1. The zero-order valence-corrected chi connectivity index (χ0v) is 30.7. The molecule has 0 saturated heterocycles. The van der Waals surface area contributed by atoms with Gasteiger partial charge in [-0.2, -0.15) is 0 Å². The molecule has 7 rings (SSSR count). The van der Waals surface area contributed by atoms with Crippen molar-refractivity contribution in [3.8, 4) is 0 Å². The number of benzene rings is 1. The molecule has 0 radical (unpaired) electrons. The number of aldehydes is 1. The van der Waals surface area contributed by atoms with Crippen molar-refractivity contribution in [2.45, 2.75) is 118 Å². The number of hydrogen-bond donors (Lipinski definition) is 0. The van der Waals surface area contributed by atoms with Gasteiger partial charge in [-0.3, -0.25) is 0 Å². The number of carbonyl (C=O) groups is 2. The molecule has 6 aliphatic rings. The second-order valence-corrected chi connectivity index (χ2v) is 18.7. The Kier molecular flexibility index (Phi) is 7.81. The fraction of sp³-hybridized carbons (Fsp3) is 0.721. The molecular weight excluding hydrogens is 578 g/mol. The highest BCUT2D eigenvalue weighted by Crippen LogP contribution is 2.74. The Hall–Kier alpha value is -2.36. The number of carbonyl (C=O) groups excluding carboxylic acids is 2. The van der Waals surface area contributed by atoms with Crippen molar-refractivity contribution >= 4 is 17.8 Å². The third-order valence-electron chi connectivity index (χ3n) is 16.6. The van der Waals surface area contributed by atoms with Gasteiger partial charge in [-0.25, -0.2) is 4.79 Å². The number of nitrogens with zero attached hydrogens (tertiary/aromatic N) is 1. The van der Waals surface area contributed by atoms with Crippen LogP contribution >= 0.6 is 0 Å². The molecule has 10 atom stereocenters. The van der Waals surface area contributed by atoms with Crippen LogP contribution in [0.25, 0.3) is 5.57 Å². The van der Waals surface area contributed by atoms with Crippen molar-refractivity contribution in [1.82, 2.24) is 4.90 Å². The Balaban J connectivity index is 1.13. The van der Waals surface area contributed by atoms with Gasteiger partial charge in [0, 0.05) is 30.1 Å². The van der Waals surface area contributed by atoms with Crippen molar-refractivity contribution in [1.29, 1.82) is 0 Å². The van der Waals surface area contributed by atoms with Gasteiger partial charge in [0.15, 0.2) is 0 Å². The number of esters is 1. The lowest BCUT2D eigenvalue weighted by Gasteiger charge is -2.69. The van der Waals surface area contributed by atoms with Gasteiger partial charge in [0.2, 0.25) is 0 Å². The number of allylic oxidation sites excluding steroid dienone is 3. The minimum absolute atomic E-state index is 0.0234. The molecule has 0 aliphatic heterocycles. The number of methoxy groups -OCH3 is 1. The number of rotatable bonds is 6. The van der Waals surface area contributed by atoms with E-state index in [-0.39, 0.29) is 28.1 Å². The first-order valence-electron chi connectivity index (χ1n) is 18.9. The van der Waals surface area contributed by atoms with E-state index in [0.29, 0.717) is 28.4 Å². The van der Waals surface area contributed by atoms with Crippen molar-refractivity contribution in [3.05, 3.63) is 53.7 Å². The van der Waals surface area contributed by atoms with Crippen LogP contribution in [0.5, 0.6) is 0 Å². The Morgan fingerprint density at radius 3 is 2.28 bits per heavy atom. The van der Waals surface area contributed by atoms with Gasteiger partial charge in [-0.15, -0.1) is 0 Å². The minimum atomic E-state index is -0.271. The normalized spacial score (nSPS) is 42.7. The smallest absolute Gasteiger partial charge is 0.337 e. The summed E-state index contributed by atoms with van der Waals surface area (Å²) in [5, 5.41) is 0. The molecule has 256 valence electrons. The minimum Gasteiger partial charge on any atom is -0.465 e. The van der Waals surface area contributed by atoms with E-state index in [4.69, 9.17) is 11.3 Å². The van der Waals surface area contributed by atoms with Crippen LogP contribution in [-0.4, -0.2) is 37.4 Å². The van der Waals surface area contributed by atoms with E-state index in [2.05, 4.69) is 71.7 Å². The first-order chi connectivity index (χ1) is 22.2. The highest BCUT2D eigenvalue weighted by molar-refractivity contribution is 5.90. The average molecular weight is 640 g/mol. The summed E-state index contributed by atoms with van der Waals surface area (Å²) in [5.41, 5.74) is 5.77. The molecule has 1 aromatic carbocycles. The first kappa shape index (κ1) is 33.2. The van der Waals surface area contributed by atoms with Crippen LogP contribution in [0.15, 0.2) is 42.6 Å². The Morgan fingerprint density at radius 1 is 0.894 bits per heavy atom. The van der Waals surface area contributed by atoms with E-state index < -0.39 is 0 Å². The fourth-order valence-corrected chi connectivity index (χ4v) is 14.1. The molecule has 10 unspecified atom stereocenters.